The van der Waals surface area contributed by atoms with Crippen molar-refractivity contribution in [1.29, 1.82) is 0 Å². The van der Waals surface area contributed by atoms with E-state index in [4.69, 9.17) is 9.90 Å². The normalized spacial score (nSPS) is 32.2. The monoisotopic (exact) mass is 475 g/mol. The number of likely N-dealkylation sites (tertiary alicyclic amines) is 1. The van der Waals surface area contributed by atoms with Gasteiger partial charge in [-0.05, 0) is 43.7 Å². The van der Waals surface area contributed by atoms with E-state index >= 15 is 8.78 Å². The number of aliphatic carboxylic acids is 1. The number of carbonyl (C=O) groups excluding carboxylic acids is 1. The molecule has 1 amide bonds. The Morgan fingerprint density at radius 2 is 1.91 bits per heavy atom. The fraction of sp³-hybridized carbons (Fsp3) is 0.591. The van der Waals surface area contributed by atoms with Crippen LogP contribution in [0.15, 0.2) is 36.0 Å². The number of halogens is 5. The first-order chi connectivity index (χ1) is 15.3. The molecular weight excluding hydrogens is 449 g/mol. The number of anilines is 1. The van der Waals surface area contributed by atoms with E-state index in [1.165, 1.54) is 11.8 Å². The Bertz CT molecular complexity index is 926. The van der Waals surface area contributed by atoms with Crippen LogP contribution in [0.5, 0.6) is 0 Å². The van der Waals surface area contributed by atoms with Crippen molar-refractivity contribution in [2.75, 3.05) is 31.1 Å². The number of pyridine rings is 1. The topological polar surface area (TPSA) is 73.7 Å². The summed E-state index contributed by atoms with van der Waals surface area (Å²) in [6, 6.07) is 5.04. The summed E-state index contributed by atoms with van der Waals surface area (Å²) in [4.78, 5) is 28.6. The number of nitrogens with zero attached hydrogens (tertiary/aromatic N) is 3. The number of alkyl halides is 5. The first-order valence-electron chi connectivity index (χ1n) is 10.6. The second-order valence-electron chi connectivity index (χ2n) is 8.99. The summed E-state index contributed by atoms with van der Waals surface area (Å²) < 4.78 is 62.8. The molecule has 2 fully saturated rings. The van der Waals surface area contributed by atoms with Gasteiger partial charge in [-0.15, -0.1) is 0 Å². The molecule has 2 aliphatic heterocycles. The van der Waals surface area contributed by atoms with Crippen molar-refractivity contribution in [3.63, 3.8) is 0 Å². The molecule has 4 rings (SSSR count). The van der Waals surface area contributed by atoms with Gasteiger partial charge in [-0.2, -0.15) is 13.2 Å². The van der Waals surface area contributed by atoms with E-state index in [0.29, 0.717) is 24.2 Å². The van der Waals surface area contributed by atoms with Crippen molar-refractivity contribution in [2.24, 2.45) is 11.8 Å². The number of hydrogen-bond donors (Lipinski definition) is 1. The first kappa shape index (κ1) is 25.1. The number of carbonyl (C=O) groups is 2. The molecule has 6 nitrogen and oxygen atoms in total. The van der Waals surface area contributed by atoms with Crippen LogP contribution in [0.3, 0.4) is 0 Å². The van der Waals surface area contributed by atoms with Crippen LogP contribution in [0.25, 0.3) is 0 Å². The lowest BCUT2D eigenvalue weighted by Gasteiger charge is -2.31. The number of hydrogen-bond acceptors (Lipinski definition) is 4. The second kappa shape index (κ2) is 9.00. The maximum Gasteiger partial charge on any atom is 0.490 e. The molecular formula is C22H26F5N3O3. The van der Waals surface area contributed by atoms with Crippen LogP contribution in [-0.4, -0.2) is 70.6 Å². The summed E-state index contributed by atoms with van der Waals surface area (Å²) in [5, 5.41) is 7.12. The van der Waals surface area contributed by atoms with Crippen molar-refractivity contribution in [2.45, 2.75) is 44.2 Å². The minimum Gasteiger partial charge on any atom is -0.475 e. The van der Waals surface area contributed by atoms with E-state index in [9.17, 15) is 18.0 Å². The van der Waals surface area contributed by atoms with Crippen molar-refractivity contribution in [3.05, 3.63) is 36.0 Å². The third kappa shape index (κ3) is 5.02. The highest BCUT2D eigenvalue weighted by atomic mass is 19.4. The largest absolute Gasteiger partial charge is 0.490 e. The number of aromatic nitrogens is 1. The fourth-order valence-corrected chi connectivity index (χ4v) is 4.72. The van der Waals surface area contributed by atoms with Crippen LogP contribution in [-0.2, 0) is 9.59 Å². The van der Waals surface area contributed by atoms with Crippen LogP contribution < -0.4 is 4.90 Å². The van der Waals surface area contributed by atoms with E-state index in [-0.39, 0.29) is 19.6 Å². The van der Waals surface area contributed by atoms with Crippen molar-refractivity contribution >= 4 is 17.7 Å². The van der Waals surface area contributed by atoms with Crippen molar-refractivity contribution < 1.29 is 36.6 Å². The van der Waals surface area contributed by atoms with Gasteiger partial charge >= 0.3 is 12.1 Å². The van der Waals surface area contributed by atoms with Gasteiger partial charge in [0.1, 0.15) is 5.82 Å². The molecule has 3 heterocycles. The molecule has 3 aliphatic rings. The zero-order valence-corrected chi connectivity index (χ0v) is 18.3. The lowest BCUT2D eigenvalue weighted by molar-refractivity contribution is -0.192. The average Bonchev–Trinajstić information content (AvgIpc) is 3.08. The van der Waals surface area contributed by atoms with Gasteiger partial charge in [0.2, 0.25) is 5.67 Å². The van der Waals surface area contributed by atoms with Crippen LogP contribution in [0.2, 0.25) is 0 Å². The molecule has 0 spiro atoms. The second-order valence-corrected chi connectivity index (χ2v) is 8.99. The summed E-state index contributed by atoms with van der Waals surface area (Å²) in [6.07, 6.45) is 0.775. The van der Waals surface area contributed by atoms with E-state index in [1.54, 1.807) is 18.2 Å². The predicted octanol–water partition coefficient (Wildman–Crippen LogP) is 3.79. The van der Waals surface area contributed by atoms with Gasteiger partial charge in [0.15, 0.2) is 5.67 Å². The van der Waals surface area contributed by atoms with Gasteiger partial charge in [0.05, 0.1) is 6.54 Å². The third-order valence-electron chi connectivity index (χ3n) is 6.48. The summed E-state index contributed by atoms with van der Waals surface area (Å²) in [5.74, 6) is -2.46. The Morgan fingerprint density at radius 1 is 1.24 bits per heavy atom. The van der Waals surface area contributed by atoms with Crippen LogP contribution in [0, 0.1) is 11.8 Å². The van der Waals surface area contributed by atoms with E-state index in [1.807, 2.05) is 4.90 Å². The van der Waals surface area contributed by atoms with Crippen molar-refractivity contribution in [3.8, 4) is 0 Å². The Morgan fingerprint density at radius 3 is 2.42 bits per heavy atom. The highest BCUT2D eigenvalue weighted by Gasteiger charge is 2.71. The number of allylic oxidation sites excluding steroid dienone is 2. The van der Waals surface area contributed by atoms with E-state index in [0.717, 1.165) is 17.7 Å². The molecule has 2 saturated heterocycles. The summed E-state index contributed by atoms with van der Waals surface area (Å²) in [5.41, 5.74) is -3.27. The number of fused-ring (bicyclic) bond motifs is 1. The standard InChI is InChI=1S/C20H25F2N3O.C2HF3O2/c1-14-6-7-16(15(2)9-14)10-24-11-19(21)12-25(17-5-3-4-8-23-17)18(26)20(19,22)13-24;3-2(4,5)1(6)7/h3-5,8-9,15-16H,6-7,10-13H2,1-2H3;(H,6,7)/t15?,16?,19-,20+;/m0./s1. The Hall–Kier alpha value is -2.56. The molecule has 0 bridgehead atoms. The molecule has 0 saturated carbocycles. The summed E-state index contributed by atoms with van der Waals surface area (Å²) >= 11 is 0. The molecule has 2 unspecified atom stereocenters. The fourth-order valence-electron chi connectivity index (χ4n) is 4.72. The van der Waals surface area contributed by atoms with Gasteiger partial charge < -0.3 is 5.11 Å². The highest BCUT2D eigenvalue weighted by Crippen LogP contribution is 2.47. The molecule has 0 aromatic carbocycles. The number of rotatable bonds is 3. The molecule has 0 radical (unpaired) electrons. The average molecular weight is 475 g/mol. The van der Waals surface area contributed by atoms with Gasteiger partial charge in [0.25, 0.3) is 5.91 Å². The third-order valence-corrected chi connectivity index (χ3v) is 6.48. The van der Waals surface area contributed by atoms with Crippen LogP contribution >= 0.6 is 0 Å². The zero-order valence-electron chi connectivity index (χ0n) is 18.3. The number of carboxylic acids is 1. The van der Waals surface area contributed by atoms with Crippen LogP contribution in [0.1, 0.15) is 26.7 Å². The summed E-state index contributed by atoms with van der Waals surface area (Å²) in [7, 11) is 0. The van der Waals surface area contributed by atoms with E-state index in [2.05, 4.69) is 24.9 Å². The quantitative estimate of drug-likeness (QED) is 0.532. The van der Waals surface area contributed by atoms with Gasteiger partial charge in [-0.25, -0.2) is 18.6 Å². The Balaban J connectivity index is 0.000000383. The molecule has 4 atom stereocenters. The predicted molar refractivity (Wildman–Crippen MR) is 110 cm³/mol. The van der Waals surface area contributed by atoms with Gasteiger partial charge in [0, 0.05) is 25.8 Å². The Labute approximate surface area is 188 Å². The van der Waals surface area contributed by atoms with Crippen molar-refractivity contribution in [1.82, 2.24) is 9.88 Å². The zero-order chi connectivity index (χ0) is 24.6. The Kier molecular flexibility index (Phi) is 6.84. The number of amides is 1. The molecule has 1 N–H and O–H groups in total. The maximum atomic E-state index is 15.5. The molecule has 1 aromatic rings. The minimum atomic E-state index is -5.08. The van der Waals surface area contributed by atoms with Gasteiger partial charge in [-0.1, -0.05) is 24.6 Å². The van der Waals surface area contributed by atoms with Crippen LogP contribution in [0.4, 0.5) is 27.8 Å². The molecule has 182 valence electrons. The molecule has 1 aliphatic carbocycles. The maximum absolute atomic E-state index is 15.5. The minimum absolute atomic E-state index is 0.0372. The molecule has 33 heavy (non-hydrogen) atoms. The number of carboxylic acid groups (broad SMARTS) is 1. The first-order valence-corrected chi connectivity index (χ1v) is 10.6. The molecule has 1 aromatic heterocycles. The smallest absolute Gasteiger partial charge is 0.475 e. The lowest BCUT2D eigenvalue weighted by Crippen LogP contribution is -2.47. The van der Waals surface area contributed by atoms with E-state index < -0.39 is 29.4 Å². The SMILES string of the molecule is CC1=CC(C)C(CN2C[C@]3(F)CN(c4ccccn4)C(=O)[C@]3(F)C2)CC1.O=C(O)C(F)(F)F. The highest BCUT2D eigenvalue weighted by molar-refractivity contribution is 6.03. The summed E-state index contributed by atoms with van der Waals surface area (Å²) in [6.45, 7) is 4.45. The van der Waals surface area contributed by atoms with Gasteiger partial charge in [-0.3, -0.25) is 14.6 Å². The lowest BCUT2D eigenvalue weighted by atomic mass is 9.82. The molecule has 11 heteroatoms.